The number of carbonyl (C=O) groups excluding carboxylic acids is 6. The van der Waals surface area contributed by atoms with Crippen LogP contribution in [0, 0.1) is 0 Å². The van der Waals surface area contributed by atoms with Crippen molar-refractivity contribution in [3.05, 3.63) is 0 Å². The van der Waals surface area contributed by atoms with Gasteiger partial charge in [0.05, 0.1) is 0 Å². The molecule has 0 bridgehead atoms. The second-order valence-electron chi connectivity index (χ2n) is 15.2. The highest BCUT2D eigenvalue weighted by Gasteiger charge is 2.28. The van der Waals surface area contributed by atoms with Crippen LogP contribution in [-0.4, -0.2) is 143 Å². The van der Waals surface area contributed by atoms with Crippen LogP contribution in [0.4, 0.5) is 0 Å². The van der Waals surface area contributed by atoms with Gasteiger partial charge in [0.25, 0.3) is 0 Å². The van der Waals surface area contributed by atoms with Gasteiger partial charge >= 0.3 is 0 Å². The predicted molar refractivity (Wildman–Crippen MR) is 200 cm³/mol. The van der Waals surface area contributed by atoms with Crippen LogP contribution < -0.4 is 0 Å². The first-order chi connectivity index (χ1) is 26.0. The molecule has 0 spiro atoms. The van der Waals surface area contributed by atoms with Crippen molar-refractivity contribution < 1.29 is 43.0 Å². The van der Waals surface area contributed by atoms with E-state index >= 15 is 0 Å². The lowest BCUT2D eigenvalue weighted by atomic mass is 10.1. The first-order valence-corrected chi connectivity index (χ1v) is 20.6. The summed E-state index contributed by atoms with van der Waals surface area (Å²) in [4.78, 5) is 80.5. The fourth-order valence-electron chi connectivity index (χ4n) is 7.53. The number of amides is 6. The van der Waals surface area contributed by atoms with Crippen molar-refractivity contribution in [1.82, 2.24) is 29.4 Å². The van der Waals surface area contributed by atoms with Crippen LogP contribution in [0.25, 0.3) is 0 Å². The molecule has 0 radical (unpaired) electrons. The lowest BCUT2D eigenvalue weighted by molar-refractivity contribution is -0.159. The Morgan fingerprint density at radius 1 is 0.352 bits per heavy atom. The SMILES string of the molecule is CC(OCN1CCCC1=O)N1CCCC1=O.CC(OCN1CCCCC1=O)N1CCCCC1=O.CC(OCN1CCCCCC1=O)N1CCCCCC1=O. The molecule has 6 aliphatic rings. The molecule has 0 saturated carbocycles. The summed E-state index contributed by atoms with van der Waals surface area (Å²) < 4.78 is 17.0. The van der Waals surface area contributed by atoms with Crippen LogP contribution in [0.1, 0.15) is 136 Å². The number of carbonyl (C=O) groups is 6. The average Bonchev–Trinajstić information content (AvgIpc) is 3.65. The van der Waals surface area contributed by atoms with Crippen molar-refractivity contribution in [3.63, 3.8) is 0 Å². The van der Waals surface area contributed by atoms with Gasteiger partial charge in [-0.25, -0.2) is 0 Å². The van der Waals surface area contributed by atoms with Crippen molar-refractivity contribution >= 4 is 35.4 Å². The highest BCUT2D eigenvalue weighted by molar-refractivity contribution is 5.79. The lowest BCUT2D eigenvalue weighted by Gasteiger charge is -2.34. The number of likely N-dealkylation sites (tertiary alicyclic amines) is 6. The topological polar surface area (TPSA) is 150 Å². The van der Waals surface area contributed by atoms with E-state index in [0.717, 1.165) is 116 Å². The van der Waals surface area contributed by atoms with Gasteiger partial charge in [-0.2, -0.15) is 0 Å². The van der Waals surface area contributed by atoms with E-state index in [4.69, 9.17) is 14.2 Å². The van der Waals surface area contributed by atoms with Crippen molar-refractivity contribution in [1.29, 1.82) is 0 Å². The summed E-state index contributed by atoms with van der Waals surface area (Å²) in [5.74, 6) is 0.992. The predicted octanol–water partition coefficient (Wildman–Crippen LogP) is 3.99. The standard InChI is InChI=1S/C15H26N2O3.C13H22N2O3.C11H18N2O3/c1-13(17-11-7-3-5-9-15(17)19)20-12-16-10-6-2-4-8-14(16)18;1-11(15-9-5-3-7-13(15)17)18-10-14-8-4-2-6-12(14)16;1-9(13-7-3-5-11(13)15)16-8-12-6-2-4-10(12)14/h13H,2-12H2,1H3;11H,2-10H2,1H3;9H,2-8H2,1H3. The summed E-state index contributed by atoms with van der Waals surface area (Å²) in [6.07, 6.45) is 15.2. The van der Waals surface area contributed by atoms with E-state index < -0.39 is 0 Å². The fraction of sp³-hybridized carbons (Fsp3) is 0.846. The molecule has 6 heterocycles. The van der Waals surface area contributed by atoms with E-state index in [2.05, 4.69) is 0 Å². The Morgan fingerprint density at radius 2 is 0.611 bits per heavy atom. The van der Waals surface area contributed by atoms with Crippen LogP contribution in [-0.2, 0) is 43.0 Å². The second kappa shape index (κ2) is 22.9. The Kier molecular flexibility index (Phi) is 18.4. The largest absolute Gasteiger partial charge is 0.338 e. The molecule has 3 unspecified atom stereocenters. The molecule has 6 rings (SSSR count). The summed E-state index contributed by atoms with van der Waals surface area (Å²) in [7, 11) is 0. The number of hydrogen-bond donors (Lipinski definition) is 0. The number of ether oxygens (including phenoxy) is 3. The van der Waals surface area contributed by atoms with Gasteiger partial charge in [0.2, 0.25) is 35.4 Å². The third kappa shape index (κ3) is 13.8. The molecule has 0 aromatic rings. The van der Waals surface area contributed by atoms with Crippen molar-refractivity contribution in [2.24, 2.45) is 0 Å². The summed E-state index contributed by atoms with van der Waals surface area (Å²) in [5.41, 5.74) is 0. The Bertz CT molecular complexity index is 1250. The first kappa shape index (κ1) is 43.4. The molecular formula is C39H66N6O9. The maximum absolute atomic E-state index is 12.0. The third-order valence-electron chi connectivity index (χ3n) is 11.1. The molecule has 54 heavy (non-hydrogen) atoms. The van der Waals surface area contributed by atoms with E-state index in [1.54, 1.807) is 24.5 Å². The zero-order valence-corrected chi connectivity index (χ0v) is 33.2. The van der Waals surface area contributed by atoms with Gasteiger partial charge in [0.15, 0.2) is 0 Å². The van der Waals surface area contributed by atoms with Crippen LogP contribution in [0.2, 0.25) is 0 Å². The maximum Gasteiger partial charge on any atom is 0.224 e. The van der Waals surface area contributed by atoms with Crippen molar-refractivity contribution in [3.8, 4) is 0 Å². The second-order valence-corrected chi connectivity index (χ2v) is 15.2. The van der Waals surface area contributed by atoms with E-state index in [9.17, 15) is 28.8 Å². The van der Waals surface area contributed by atoms with Crippen molar-refractivity contribution in [2.75, 3.05) is 59.5 Å². The summed E-state index contributed by atoms with van der Waals surface area (Å²) in [6, 6.07) is 0. The average molecular weight is 763 g/mol. The van der Waals surface area contributed by atoms with E-state index in [1.165, 1.54) is 0 Å². The number of hydrogen-bond acceptors (Lipinski definition) is 9. The van der Waals surface area contributed by atoms with Gasteiger partial charge in [-0.05, 0) is 85.0 Å². The zero-order valence-electron chi connectivity index (χ0n) is 33.2. The quantitative estimate of drug-likeness (QED) is 0.288. The normalized spacial score (nSPS) is 23.4. The number of rotatable bonds is 12. The molecule has 306 valence electrons. The van der Waals surface area contributed by atoms with Crippen LogP contribution >= 0.6 is 0 Å². The molecule has 0 aromatic carbocycles. The van der Waals surface area contributed by atoms with Gasteiger partial charge in [-0.1, -0.05) is 12.8 Å². The maximum atomic E-state index is 12.0. The minimum absolute atomic E-state index is 0.153. The van der Waals surface area contributed by atoms with Gasteiger partial charge < -0.3 is 43.6 Å². The van der Waals surface area contributed by atoms with Crippen molar-refractivity contribution in [2.45, 2.75) is 155 Å². The van der Waals surface area contributed by atoms with E-state index in [0.29, 0.717) is 58.7 Å². The number of piperidine rings is 2. The first-order valence-electron chi connectivity index (χ1n) is 20.6. The zero-order chi connectivity index (χ0) is 38.9. The van der Waals surface area contributed by atoms with E-state index in [1.807, 2.05) is 25.7 Å². The summed E-state index contributed by atoms with van der Waals surface area (Å²) in [5, 5.41) is 0. The van der Waals surface area contributed by atoms with Crippen LogP contribution in [0.5, 0.6) is 0 Å². The Morgan fingerprint density at radius 3 is 1.00 bits per heavy atom. The molecule has 6 fully saturated rings. The Labute approximate surface area is 321 Å². The molecule has 0 aromatic heterocycles. The third-order valence-corrected chi connectivity index (χ3v) is 11.1. The Balaban J connectivity index is 0.000000182. The highest BCUT2D eigenvalue weighted by atomic mass is 16.5. The molecule has 0 aliphatic carbocycles. The van der Waals surface area contributed by atoms with Gasteiger partial charge in [-0.15, -0.1) is 0 Å². The molecule has 6 amide bonds. The molecule has 0 N–H and O–H groups in total. The molecule has 15 heteroatoms. The minimum atomic E-state index is -0.239. The summed E-state index contributed by atoms with van der Waals surface area (Å²) >= 11 is 0. The molecule has 6 saturated heterocycles. The molecule has 6 aliphatic heterocycles. The van der Waals surface area contributed by atoms with Gasteiger partial charge in [0, 0.05) is 77.8 Å². The molecule has 3 atom stereocenters. The lowest BCUT2D eigenvalue weighted by Crippen LogP contribution is -2.46. The fourth-order valence-corrected chi connectivity index (χ4v) is 7.53. The minimum Gasteiger partial charge on any atom is -0.338 e. The van der Waals surface area contributed by atoms with Gasteiger partial charge in [-0.3, -0.25) is 28.8 Å². The molecular weight excluding hydrogens is 696 g/mol. The van der Waals surface area contributed by atoms with Crippen LogP contribution in [0.3, 0.4) is 0 Å². The molecule has 15 nitrogen and oxygen atoms in total. The number of nitrogens with zero attached hydrogens (tertiary/aromatic N) is 6. The Hall–Kier alpha value is -3.30. The summed E-state index contributed by atoms with van der Waals surface area (Å²) in [6.45, 7) is 11.2. The van der Waals surface area contributed by atoms with Gasteiger partial charge in [0.1, 0.15) is 38.9 Å². The van der Waals surface area contributed by atoms with Crippen LogP contribution in [0.15, 0.2) is 0 Å². The monoisotopic (exact) mass is 762 g/mol. The van der Waals surface area contributed by atoms with E-state index in [-0.39, 0.29) is 54.1 Å². The highest BCUT2D eigenvalue weighted by Crippen LogP contribution is 2.19. The smallest absolute Gasteiger partial charge is 0.224 e.